The van der Waals surface area contributed by atoms with Crippen molar-refractivity contribution in [1.29, 1.82) is 0 Å². The van der Waals surface area contributed by atoms with Gasteiger partial charge in [-0.3, -0.25) is 4.57 Å². The third-order valence-electron chi connectivity index (χ3n) is 4.03. The standard InChI is InChI=1S/C14H21N5O4/c1-6(2)3-7(20)11-9(21)10(22)14(23-11)19-5-18-8-12(15)16-4-17-13(8)19/h4-7,9-11,14,20-22H,3H2,1-2H3,(H2,15,16,17)/t7-,9-,10+,11+,14+/m0/s1. The first-order valence-corrected chi connectivity index (χ1v) is 7.52. The second kappa shape index (κ2) is 6.00. The van der Waals surface area contributed by atoms with Crippen molar-refractivity contribution < 1.29 is 20.1 Å². The first-order chi connectivity index (χ1) is 10.9. The predicted octanol–water partition coefficient (Wildman–Crippen LogP) is -0.565. The van der Waals surface area contributed by atoms with Crippen LogP contribution in [0.25, 0.3) is 11.2 Å². The van der Waals surface area contributed by atoms with Crippen LogP contribution in [0.4, 0.5) is 5.82 Å². The summed E-state index contributed by atoms with van der Waals surface area (Å²) in [7, 11) is 0. The van der Waals surface area contributed by atoms with Crippen LogP contribution in [0.2, 0.25) is 0 Å². The maximum absolute atomic E-state index is 10.3. The average Bonchev–Trinajstić information content (AvgIpc) is 3.02. The first kappa shape index (κ1) is 16.1. The molecule has 5 atom stereocenters. The van der Waals surface area contributed by atoms with E-state index in [2.05, 4.69) is 15.0 Å². The van der Waals surface area contributed by atoms with Gasteiger partial charge in [-0.2, -0.15) is 0 Å². The Bertz CT molecular complexity index is 691. The highest BCUT2D eigenvalue weighted by atomic mass is 16.6. The molecule has 9 heteroatoms. The molecule has 2 aromatic heterocycles. The van der Waals surface area contributed by atoms with Crippen LogP contribution in [0.3, 0.4) is 0 Å². The number of aromatic nitrogens is 4. The summed E-state index contributed by atoms with van der Waals surface area (Å²) in [5.74, 6) is 0.455. The van der Waals surface area contributed by atoms with Gasteiger partial charge in [-0.15, -0.1) is 0 Å². The van der Waals surface area contributed by atoms with E-state index in [0.29, 0.717) is 17.6 Å². The van der Waals surface area contributed by atoms with Gasteiger partial charge in [0.25, 0.3) is 0 Å². The van der Waals surface area contributed by atoms with Crippen molar-refractivity contribution in [2.75, 3.05) is 5.73 Å². The molecule has 126 valence electrons. The number of rotatable bonds is 4. The van der Waals surface area contributed by atoms with Crippen molar-refractivity contribution in [2.24, 2.45) is 5.92 Å². The third-order valence-corrected chi connectivity index (χ3v) is 4.03. The number of aliphatic hydroxyl groups is 3. The zero-order chi connectivity index (χ0) is 16.7. The largest absolute Gasteiger partial charge is 0.390 e. The summed E-state index contributed by atoms with van der Waals surface area (Å²) in [6.07, 6.45) is -1.90. The molecule has 1 saturated heterocycles. The Morgan fingerprint density at radius 1 is 1.26 bits per heavy atom. The van der Waals surface area contributed by atoms with Gasteiger partial charge in [0.15, 0.2) is 17.7 Å². The second-order valence-corrected chi connectivity index (χ2v) is 6.25. The molecule has 2 aromatic rings. The van der Waals surface area contributed by atoms with Crippen molar-refractivity contribution in [3.8, 4) is 0 Å². The van der Waals surface area contributed by atoms with Gasteiger partial charge in [-0.25, -0.2) is 15.0 Å². The summed E-state index contributed by atoms with van der Waals surface area (Å²) in [5.41, 5.74) is 6.53. The molecule has 9 nitrogen and oxygen atoms in total. The molecule has 5 N–H and O–H groups in total. The molecule has 1 aliphatic rings. The van der Waals surface area contributed by atoms with E-state index < -0.39 is 30.6 Å². The van der Waals surface area contributed by atoms with Crippen LogP contribution in [-0.2, 0) is 4.74 Å². The molecule has 1 aliphatic heterocycles. The Kier molecular flexibility index (Phi) is 4.19. The van der Waals surface area contributed by atoms with Crippen LogP contribution in [0, 0.1) is 5.92 Å². The van der Waals surface area contributed by atoms with E-state index in [1.165, 1.54) is 17.2 Å². The molecule has 0 aliphatic carbocycles. The van der Waals surface area contributed by atoms with Crippen molar-refractivity contribution in [2.45, 2.75) is 50.9 Å². The summed E-state index contributed by atoms with van der Waals surface area (Å²) >= 11 is 0. The molecule has 23 heavy (non-hydrogen) atoms. The molecule has 0 spiro atoms. The molecule has 0 saturated carbocycles. The van der Waals surface area contributed by atoms with Crippen molar-refractivity contribution in [1.82, 2.24) is 19.5 Å². The second-order valence-electron chi connectivity index (χ2n) is 6.25. The Morgan fingerprint density at radius 2 is 2.00 bits per heavy atom. The van der Waals surface area contributed by atoms with Crippen LogP contribution in [0.1, 0.15) is 26.5 Å². The Hall–Kier alpha value is -1.81. The van der Waals surface area contributed by atoms with Crippen LogP contribution in [0.5, 0.6) is 0 Å². The van der Waals surface area contributed by atoms with Gasteiger partial charge < -0.3 is 25.8 Å². The molecule has 0 unspecified atom stereocenters. The van der Waals surface area contributed by atoms with E-state index in [1.807, 2.05) is 13.8 Å². The lowest BCUT2D eigenvalue weighted by Crippen LogP contribution is -2.39. The lowest BCUT2D eigenvalue weighted by molar-refractivity contribution is -0.0881. The highest BCUT2D eigenvalue weighted by Crippen LogP contribution is 2.34. The number of nitrogens with two attached hydrogens (primary N) is 1. The van der Waals surface area contributed by atoms with Gasteiger partial charge >= 0.3 is 0 Å². The molecular weight excluding hydrogens is 302 g/mol. The lowest BCUT2D eigenvalue weighted by atomic mass is 9.98. The van der Waals surface area contributed by atoms with Gasteiger partial charge in [-0.1, -0.05) is 13.8 Å². The van der Waals surface area contributed by atoms with E-state index in [-0.39, 0.29) is 11.7 Å². The van der Waals surface area contributed by atoms with Gasteiger partial charge in [0.2, 0.25) is 0 Å². The monoisotopic (exact) mass is 323 g/mol. The fourth-order valence-corrected chi connectivity index (χ4v) is 2.91. The van der Waals surface area contributed by atoms with Crippen molar-refractivity contribution in [3.63, 3.8) is 0 Å². The summed E-state index contributed by atoms with van der Waals surface area (Å²) in [6, 6.07) is 0. The van der Waals surface area contributed by atoms with E-state index in [1.54, 1.807) is 0 Å². The van der Waals surface area contributed by atoms with E-state index in [9.17, 15) is 15.3 Å². The van der Waals surface area contributed by atoms with Crippen LogP contribution in [-0.4, -0.2) is 59.3 Å². The van der Waals surface area contributed by atoms with Crippen LogP contribution >= 0.6 is 0 Å². The highest BCUT2D eigenvalue weighted by molar-refractivity contribution is 5.81. The van der Waals surface area contributed by atoms with Gasteiger partial charge in [0.05, 0.1) is 12.4 Å². The average molecular weight is 323 g/mol. The number of nitrogen functional groups attached to an aromatic ring is 1. The minimum absolute atomic E-state index is 0.221. The fraction of sp³-hybridized carbons (Fsp3) is 0.643. The van der Waals surface area contributed by atoms with Crippen LogP contribution in [0.15, 0.2) is 12.7 Å². The summed E-state index contributed by atoms with van der Waals surface area (Å²) in [5, 5.41) is 30.7. The van der Waals surface area contributed by atoms with Crippen molar-refractivity contribution in [3.05, 3.63) is 12.7 Å². The van der Waals surface area contributed by atoms with Gasteiger partial charge in [0.1, 0.15) is 30.2 Å². The smallest absolute Gasteiger partial charge is 0.167 e. The minimum atomic E-state index is -1.21. The predicted molar refractivity (Wildman–Crippen MR) is 81.1 cm³/mol. The number of aliphatic hydroxyl groups excluding tert-OH is 3. The van der Waals surface area contributed by atoms with E-state index in [4.69, 9.17) is 10.5 Å². The number of ether oxygens (including phenoxy) is 1. The maximum Gasteiger partial charge on any atom is 0.167 e. The molecule has 0 radical (unpaired) electrons. The molecule has 3 heterocycles. The minimum Gasteiger partial charge on any atom is -0.390 e. The third kappa shape index (κ3) is 2.76. The quantitative estimate of drug-likeness (QED) is 0.587. The number of imidazole rings is 1. The molecule has 0 bridgehead atoms. The lowest BCUT2D eigenvalue weighted by Gasteiger charge is -2.22. The summed E-state index contributed by atoms with van der Waals surface area (Å²) < 4.78 is 7.20. The topological polar surface area (TPSA) is 140 Å². The summed E-state index contributed by atoms with van der Waals surface area (Å²) in [6.45, 7) is 3.92. The molecule has 0 amide bonds. The van der Waals surface area contributed by atoms with E-state index >= 15 is 0 Å². The normalized spacial score (nSPS) is 29.5. The van der Waals surface area contributed by atoms with Crippen molar-refractivity contribution >= 4 is 17.0 Å². The number of hydrogen-bond acceptors (Lipinski definition) is 8. The Labute approximate surface area is 132 Å². The SMILES string of the molecule is CC(C)C[C@H](O)[C@H]1O[C@@H](n2cnc3c(N)ncnc32)[C@H](O)[C@@H]1O. The Morgan fingerprint density at radius 3 is 2.70 bits per heavy atom. The zero-order valence-electron chi connectivity index (χ0n) is 12.9. The Balaban J connectivity index is 1.89. The van der Waals surface area contributed by atoms with Crippen LogP contribution < -0.4 is 5.73 Å². The maximum atomic E-state index is 10.3. The fourth-order valence-electron chi connectivity index (χ4n) is 2.91. The number of fused-ring (bicyclic) bond motifs is 1. The molecular formula is C14H21N5O4. The molecule has 3 rings (SSSR count). The highest BCUT2D eigenvalue weighted by Gasteiger charge is 2.47. The summed E-state index contributed by atoms with van der Waals surface area (Å²) in [4.78, 5) is 12.1. The van der Waals surface area contributed by atoms with Gasteiger partial charge in [0, 0.05) is 0 Å². The van der Waals surface area contributed by atoms with Gasteiger partial charge in [-0.05, 0) is 12.3 Å². The molecule has 1 fully saturated rings. The zero-order valence-corrected chi connectivity index (χ0v) is 12.9. The van der Waals surface area contributed by atoms with E-state index in [0.717, 1.165) is 0 Å². The number of hydrogen-bond donors (Lipinski definition) is 4. The molecule has 0 aromatic carbocycles. The first-order valence-electron chi connectivity index (χ1n) is 7.52. The number of anilines is 1. The number of nitrogens with zero attached hydrogens (tertiary/aromatic N) is 4.